The summed E-state index contributed by atoms with van der Waals surface area (Å²) < 4.78 is 0. The molecule has 1 radical (unpaired) electrons. The van der Waals surface area contributed by atoms with E-state index in [0.717, 1.165) is 19.3 Å². The van der Waals surface area contributed by atoms with Crippen LogP contribution in [0.4, 0.5) is 4.79 Å². The molecule has 2 atom stereocenters. The van der Waals surface area contributed by atoms with Crippen molar-refractivity contribution in [3.05, 3.63) is 0 Å². The quantitative estimate of drug-likeness (QED) is 0.772. The summed E-state index contributed by atoms with van der Waals surface area (Å²) in [6.07, 6.45) is 8.47. The summed E-state index contributed by atoms with van der Waals surface area (Å²) in [6, 6.07) is -0.456. The van der Waals surface area contributed by atoms with Crippen LogP contribution in [0.15, 0.2) is 0 Å². The number of carbonyl (C=O) groups excluding carboxylic acids is 2. The Balaban J connectivity index is 2.33. The first-order chi connectivity index (χ1) is 8.17. The van der Waals surface area contributed by atoms with Gasteiger partial charge in [-0.25, -0.2) is 4.79 Å². The SMILES string of the molecule is CCC(C)C([C]=O)NC(=O)NC1CCCCC1. The van der Waals surface area contributed by atoms with E-state index in [4.69, 9.17) is 0 Å². The average molecular weight is 239 g/mol. The zero-order chi connectivity index (χ0) is 12.7. The van der Waals surface area contributed by atoms with E-state index >= 15 is 0 Å². The molecule has 0 aromatic rings. The molecule has 17 heavy (non-hydrogen) atoms. The van der Waals surface area contributed by atoms with Crippen molar-refractivity contribution in [1.82, 2.24) is 10.6 Å². The fraction of sp³-hybridized carbons (Fsp3) is 0.846. The zero-order valence-electron chi connectivity index (χ0n) is 10.8. The molecule has 2 N–H and O–H groups in total. The highest BCUT2D eigenvalue weighted by Crippen LogP contribution is 2.17. The second-order valence-electron chi connectivity index (χ2n) is 4.93. The lowest BCUT2D eigenvalue weighted by Crippen LogP contribution is -2.49. The molecule has 0 aliphatic heterocycles. The molecule has 0 saturated heterocycles. The first kappa shape index (κ1) is 14.0. The van der Waals surface area contributed by atoms with Gasteiger partial charge >= 0.3 is 6.03 Å². The highest BCUT2D eigenvalue weighted by molar-refractivity contribution is 5.78. The van der Waals surface area contributed by atoms with Crippen LogP contribution in [0.25, 0.3) is 0 Å². The number of hydrogen-bond acceptors (Lipinski definition) is 2. The van der Waals surface area contributed by atoms with Crippen LogP contribution in [0.2, 0.25) is 0 Å². The smallest absolute Gasteiger partial charge is 0.315 e. The molecule has 0 spiro atoms. The van der Waals surface area contributed by atoms with Gasteiger partial charge in [-0.15, -0.1) is 0 Å². The Morgan fingerprint density at radius 2 is 2.00 bits per heavy atom. The van der Waals surface area contributed by atoms with Gasteiger partial charge in [-0.05, 0) is 18.8 Å². The zero-order valence-corrected chi connectivity index (χ0v) is 10.8. The topological polar surface area (TPSA) is 58.2 Å². The normalized spacial score (nSPS) is 20.4. The van der Waals surface area contributed by atoms with E-state index in [-0.39, 0.29) is 18.0 Å². The summed E-state index contributed by atoms with van der Waals surface area (Å²) in [5, 5.41) is 5.62. The molecule has 0 bridgehead atoms. The summed E-state index contributed by atoms with van der Waals surface area (Å²) in [5.74, 6) is 0.129. The lowest BCUT2D eigenvalue weighted by molar-refractivity contribution is 0.228. The van der Waals surface area contributed by atoms with Gasteiger partial charge < -0.3 is 10.6 Å². The monoisotopic (exact) mass is 239 g/mol. The molecule has 1 aliphatic carbocycles. The molecule has 0 aromatic heterocycles. The molecule has 1 saturated carbocycles. The number of hydrogen-bond donors (Lipinski definition) is 2. The molecule has 97 valence electrons. The maximum atomic E-state index is 11.7. The molecule has 4 nitrogen and oxygen atoms in total. The summed E-state index contributed by atoms with van der Waals surface area (Å²) in [5.41, 5.74) is 0. The molecule has 0 heterocycles. The first-order valence-corrected chi connectivity index (χ1v) is 6.62. The molecule has 2 unspecified atom stereocenters. The molecular weight excluding hydrogens is 216 g/mol. The number of urea groups is 1. The van der Waals surface area contributed by atoms with E-state index in [1.165, 1.54) is 19.3 Å². The number of nitrogens with one attached hydrogen (secondary N) is 2. The Bertz CT molecular complexity index is 250. The van der Waals surface area contributed by atoms with Crippen LogP contribution in [-0.2, 0) is 4.79 Å². The highest BCUT2D eigenvalue weighted by atomic mass is 16.2. The van der Waals surface area contributed by atoms with Crippen molar-refractivity contribution in [2.24, 2.45) is 5.92 Å². The highest BCUT2D eigenvalue weighted by Gasteiger charge is 2.20. The fourth-order valence-electron chi connectivity index (χ4n) is 2.14. The predicted octanol–water partition coefficient (Wildman–Crippen LogP) is 2.14. The molecule has 1 fully saturated rings. The maximum absolute atomic E-state index is 11.7. The second kappa shape index (κ2) is 7.30. The second-order valence-corrected chi connectivity index (χ2v) is 4.93. The van der Waals surface area contributed by atoms with Crippen LogP contribution in [0.1, 0.15) is 52.4 Å². The third-order valence-corrected chi connectivity index (χ3v) is 3.57. The number of rotatable bonds is 5. The van der Waals surface area contributed by atoms with E-state index in [9.17, 15) is 9.59 Å². The maximum Gasteiger partial charge on any atom is 0.315 e. The summed E-state index contributed by atoms with van der Waals surface area (Å²) in [7, 11) is 0. The molecule has 4 heteroatoms. The van der Waals surface area contributed by atoms with Crippen LogP contribution in [0.3, 0.4) is 0 Å². The standard InChI is InChI=1S/C13H23N2O2/c1-3-10(2)12(9-16)15-13(17)14-11-7-5-4-6-8-11/h10-12H,3-8H2,1-2H3,(H2,14,15,17). The van der Waals surface area contributed by atoms with Crippen molar-refractivity contribution in [3.63, 3.8) is 0 Å². The van der Waals surface area contributed by atoms with Crippen molar-refractivity contribution in [2.75, 3.05) is 0 Å². The Morgan fingerprint density at radius 3 is 2.53 bits per heavy atom. The van der Waals surface area contributed by atoms with Crippen molar-refractivity contribution < 1.29 is 9.59 Å². The molecule has 1 rings (SSSR count). The van der Waals surface area contributed by atoms with Crippen molar-refractivity contribution in [1.29, 1.82) is 0 Å². The van der Waals surface area contributed by atoms with Gasteiger partial charge in [-0.3, -0.25) is 4.79 Å². The first-order valence-electron chi connectivity index (χ1n) is 6.62. The molecule has 1 aliphatic rings. The number of amides is 2. The van der Waals surface area contributed by atoms with E-state index in [1.807, 2.05) is 20.1 Å². The largest absolute Gasteiger partial charge is 0.335 e. The minimum Gasteiger partial charge on any atom is -0.335 e. The van der Waals surface area contributed by atoms with Gasteiger partial charge in [0.2, 0.25) is 6.29 Å². The minimum atomic E-state index is -0.497. The lowest BCUT2D eigenvalue weighted by Gasteiger charge is -2.25. The fourth-order valence-corrected chi connectivity index (χ4v) is 2.14. The van der Waals surface area contributed by atoms with E-state index < -0.39 is 6.04 Å². The molecule has 0 aromatic carbocycles. The van der Waals surface area contributed by atoms with Gasteiger partial charge in [-0.1, -0.05) is 39.5 Å². The van der Waals surface area contributed by atoms with Gasteiger partial charge in [0.15, 0.2) is 0 Å². The van der Waals surface area contributed by atoms with Crippen LogP contribution in [0.5, 0.6) is 0 Å². The third-order valence-electron chi connectivity index (χ3n) is 3.57. The summed E-state index contributed by atoms with van der Waals surface area (Å²) >= 11 is 0. The summed E-state index contributed by atoms with van der Waals surface area (Å²) in [4.78, 5) is 22.5. The van der Waals surface area contributed by atoms with E-state index in [2.05, 4.69) is 10.6 Å². The number of carbonyl (C=O) groups is 1. The van der Waals surface area contributed by atoms with Gasteiger partial charge in [0.05, 0.1) is 6.04 Å². The van der Waals surface area contributed by atoms with Crippen LogP contribution in [0, 0.1) is 5.92 Å². The van der Waals surface area contributed by atoms with E-state index in [1.54, 1.807) is 0 Å². The van der Waals surface area contributed by atoms with Crippen LogP contribution < -0.4 is 10.6 Å². The predicted molar refractivity (Wildman–Crippen MR) is 67.5 cm³/mol. The van der Waals surface area contributed by atoms with Gasteiger partial charge in [0.1, 0.15) is 0 Å². The van der Waals surface area contributed by atoms with Gasteiger partial charge in [-0.2, -0.15) is 0 Å². The van der Waals surface area contributed by atoms with Crippen molar-refractivity contribution >= 4 is 12.3 Å². The molecular formula is C13H23N2O2. The third kappa shape index (κ3) is 4.75. The van der Waals surface area contributed by atoms with Crippen LogP contribution in [-0.4, -0.2) is 24.4 Å². The molecule has 2 amide bonds. The Kier molecular flexibility index (Phi) is 6.01. The van der Waals surface area contributed by atoms with Gasteiger partial charge in [0, 0.05) is 6.04 Å². The van der Waals surface area contributed by atoms with Gasteiger partial charge in [0.25, 0.3) is 0 Å². The Hall–Kier alpha value is -1.06. The lowest BCUT2D eigenvalue weighted by atomic mass is 9.95. The van der Waals surface area contributed by atoms with E-state index in [0.29, 0.717) is 0 Å². The Morgan fingerprint density at radius 1 is 1.35 bits per heavy atom. The van der Waals surface area contributed by atoms with Crippen molar-refractivity contribution in [2.45, 2.75) is 64.5 Å². The van der Waals surface area contributed by atoms with Crippen LogP contribution >= 0.6 is 0 Å². The summed E-state index contributed by atoms with van der Waals surface area (Å²) in [6.45, 7) is 3.94. The Labute approximate surface area is 104 Å². The average Bonchev–Trinajstić information content (AvgIpc) is 2.36. The minimum absolute atomic E-state index is 0.129. The van der Waals surface area contributed by atoms with Crippen molar-refractivity contribution in [3.8, 4) is 0 Å².